The Labute approximate surface area is 103 Å². The molecule has 0 atom stereocenters. The van der Waals surface area contributed by atoms with Crippen molar-refractivity contribution >= 4 is 11.4 Å². The first-order valence-corrected chi connectivity index (χ1v) is 5.85. The zero-order valence-corrected chi connectivity index (χ0v) is 10.3. The minimum absolute atomic E-state index is 0.855. The number of hydrogen-bond acceptors (Lipinski definition) is 2. The Morgan fingerprint density at radius 3 is 2.35 bits per heavy atom. The van der Waals surface area contributed by atoms with Crippen molar-refractivity contribution < 1.29 is 0 Å². The van der Waals surface area contributed by atoms with E-state index in [0.29, 0.717) is 0 Å². The second kappa shape index (κ2) is 5.39. The van der Waals surface area contributed by atoms with Crippen LogP contribution < -0.4 is 10.6 Å². The van der Waals surface area contributed by atoms with Crippen LogP contribution in [0.15, 0.2) is 48.5 Å². The summed E-state index contributed by atoms with van der Waals surface area (Å²) >= 11 is 0. The molecule has 2 rings (SSSR count). The first-order valence-electron chi connectivity index (χ1n) is 5.85. The summed E-state index contributed by atoms with van der Waals surface area (Å²) in [7, 11) is 1.93. The molecule has 2 aromatic rings. The van der Waals surface area contributed by atoms with E-state index >= 15 is 0 Å². The van der Waals surface area contributed by atoms with Crippen LogP contribution in [0.25, 0.3) is 0 Å². The molecule has 2 N–H and O–H groups in total. The third kappa shape index (κ3) is 3.25. The lowest BCUT2D eigenvalue weighted by atomic mass is 10.1. The number of nitrogens with one attached hydrogen (secondary N) is 2. The van der Waals surface area contributed by atoms with Crippen molar-refractivity contribution in [1.82, 2.24) is 0 Å². The van der Waals surface area contributed by atoms with Crippen molar-refractivity contribution in [3.63, 3.8) is 0 Å². The first-order chi connectivity index (χ1) is 8.28. The summed E-state index contributed by atoms with van der Waals surface area (Å²) in [6, 6.07) is 16.9. The van der Waals surface area contributed by atoms with Gasteiger partial charge in [0.1, 0.15) is 0 Å². The molecule has 0 unspecified atom stereocenters. The van der Waals surface area contributed by atoms with Crippen molar-refractivity contribution in [2.24, 2.45) is 0 Å². The summed E-state index contributed by atoms with van der Waals surface area (Å²) < 4.78 is 0. The molecule has 0 aliphatic heterocycles. The molecule has 88 valence electrons. The predicted molar refractivity (Wildman–Crippen MR) is 74.5 cm³/mol. The number of anilines is 2. The number of hydrogen-bond donors (Lipinski definition) is 2. The van der Waals surface area contributed by atoms with E-state index < -0.39 is 0 Å². The standard InChI is InChI=1S/C15H18N2/c1-12-6-8-13(9-7-12)11-17-15-5-3-4-14(10-15)16-2/h3-10,16-17H,11H2,1-2H3. The highest BCUT2D eigenvalue weighted by Gasteiger charge is 1.95. The third-order valence-electron chi connectivity index (χ3n) is 2.77. The van der Waals surface area contributed by atoms with Gasteiger partial charge in [0.25, 0.3) is 0 Å². The monoisotopic (exact) mass is 226 g/mol. The van der Waals surface area contributed by atoms with E-state index in [2.05, 4.69) is 60.0 Å². The maximum Gasteiger partial charge on any atom is 0.0400 e. The molecule has 2 heteroatoms. The first kappa shape index (κ1) is 11.5. The van der Waals surface area contributed by atoms with Crippen LogP contribution in [0.4, 0.5) is 11.4 Å². The van der Waals surface area contributed by atoms with Crippen molar-refractivity contribution in [3.05, 3.63) is 59.7 Å². The minimum atomic E-state index is 0.855. The van der Waals surface area contributed by atoms with Crippen LogP contribution in [-0.4, -0.2) is 7.05 Å². The Kier molecular flexibility index (Phi) is 3.66. The van der Waals surface area contributed by atoms with Gasteiger partial charge in [0, 0.05) is 25.0 Å². The van der Waals surface area contributed by atoms with Crippen LogP contribution in [0.2, 0.25) is 0 Å². The Hall–Kier alpha value is -1.96. The molecular weight excluding hydrogens is 208 g/mol. The number of rotatable bonds is 4. The average Bonchev–Trinajstić information content (AvgIpc) is 2.38. The maximum atomic E-state index is 3.42. The molecule has 0 aromatic heterocycles. The molecule has 2 nitrogen and oxygen atoms in total. The van der Waals surface area contributed by atoms with Gasteiger partial charge in [-0.1, -0.05) is 35.9 Å². The van der Waals surface area contributed by atoms with Crippen LogP contribution >= 0.6 is 0 Å². The quantitative estimate of drug-likeness (QED) is 0.831. The topological polar surface area (TPSA) is 24.1 Å². The molecule has 0 aliphatic rings. The lowest BCUT2D eigenvalue weighted by molar-refractivity contribution is 1.14. The highest BCUT2D eigenvalue weighted by molar-refractivity contribution is 5.56. The molecule has 0 radical (unpaired) electrons. The Morgan fingerprint density at radius 1 is 0.941 bits per heavy atom. The predicted octanol–water partition coefficient (Wildman–Crippen LogP) is 3.65. The number of benzene rings is 2. The molecule has 0 spiro atoms. The molecular formula is C15H18N2. The van der Waals surface area contributed by atoms with Crippen molar-refractivity contribution in [2.45, 2.75) is 13.5 Å². The second-order valence-electron chi connectivity index (χ2n) is 4.17. The maximum absolute atomic E-state index is 3.42. The smallest absolute Gasteiger partial charge is 0.0400 e. The molecule has 0 saturated carbocycles. The lowest BCUT2D eigenvalue weighted by Gasteiger charge is -2.08. The lowest BCUT2D eigenvalue weighted by Crippen LogP contribution is -1.99. The molecule has 17 heavy (non-hydrogen) atoms. The van der Waals surface area contributed by atoms with E-state index in [1.165, 1.54) is 11.1 Å². The fourth-order valence-corrected chi connectivity index (χ4v) is 1.69. The van der Waals surface area contributed by atoms with Gasteiger partial charge < -0.3 is 10.6 Å². The number of aryl methyl sites for hydroxylation is 1. The fourth-order valence-electron chi connectivity index (χ4n) is 1.69. The molecule has 0 amide bonds. The van der Waals surface area contributed by atoms with Gasteiger partial charge >= 0.3 is 0 Å². The van der Waals surface area contributed by atoms with E-state index in [0.717, 1.165) is 17.9 Å². The zero-order chi connectivity index (χ0) is 12.1. The largest absolute Gasteiger partial charge is 0.388 e. The Bertz CT molecular complexity index is 475. The fraction of sp³-hybridized carbons (Fsp3) is 0.200. The van der Waals surface area contributed by atoms with Gasteiger partial charge in [-0.2, -0.15) is 0 Å². The second-order valence-corrected chi connectivity index (χ2v) is 4.17. The Balaban J connectivity index is 1.99. The molecule has 2 aromatic carbocycles. The average molecular weight is 226 g/mol. The molecule has 0 bridgehead atoms. The van der Waals surface area contributed by atoms with E-state index in [4.69, 9.17) is 0 Å². The molecule has 0 aliphatic carbocycles. The van der Waals surface area contributed by atoms with Crippen molar-refractivity contribution in [2.75, 3.05) is 17.7 Å². The SMILES string of the molecule is CNc1cccc(NCc2ccc(C)cc2)c1. The van der Waals surface area contributed by atoms with Gasteiger partial charge in [0.15, 0.2) is 0 Å². The molecule has 0 saturated heterocycles. The van der Waals surface area contributed by atoms with Crippen molar-refractivity contribution in [3.8, 4) is 0 Å². The summed E-state index contributed by atoms with van der Waals surface area (Å²) in [5.41, 5.74) is 4.85. The van der Waals surface area contributed by atoms with Gasteiger partial charge in [0.2, 0.25) is 0 Å². The van der Waals surface area contributed by atoms with Gasteiger partial charge in [-0.3, -0.25) is 0 Å². The van der Waals surface area contributed by atoms with Crippen LogP contribution in [0.3, 0.4) is 0 Å². The third-order valence-corrected chi connectivity index (χ3v) is 2.77. The normalized spacial score (nSPS) is 10.0. The van der Waals surface area contributed by atoms with Crippen LogP contribution in [-0.2, 0) is 6.54 Å². The van der Waals surface area contributed by atoms with E-state index in [-0.39, 0.29) is 0 Å². The van der Waals surface area contributed by atoms with Crippen LogP contribution in [0, 0.1) is 6.92 Å². The summed E-state index contributed by atoms with van der Waals surface area (Å²) in [6.45, 7) is 2.96. The Morgan fingerprint density at radius 2 is 1.65 bits per heavy atom. The molecule has 0 heterocycles. The zero-order valence-electron chi connectivity index (χ0n) is 10.3. The van der Waals surface area contributed by atoms with E-state index in [1.807, 2.05) is 13.1 Å². The highest BCUT2D eigenvalue weighted by Crippen LogP contribution is 2.15. The summed E-state index contributed by atoms with van der Waals surface area (Å²) in [5.74, 6) is 0. The highest BCUT2D eigenvalue weighted by atomic mass is 14.9. The van der Waals surface area contributed by atoms with Gasteiger partial charge in [-0.25, -0.2) is 0 Å². The summed E-state index contributed by atoms with van der Waals surface area (Å²) in [4.78, 5) is 0. The van der Waals surface area contributed by atoms with E-state index in [9.17, 15) is 0 Å². The van der Waals surface area contributed by atoms with Crippen LogP contribution in [0.5, 0.6) is 0 Å². The van der Waals surface area contributed by atoms with Gasteiger partial charge in [-0.15, -0.1) is 0 Å². The molecule has 0 fully saturated rings. The summed E-state index contributed by atoms with van der Waals surface area (Å²) in [5, 5.41) is 6.55. The van der Waals surface area contributed by atoms with E-state index in [1.54, 1.807) is 0 Å². The van der Waals surface area contributed by atoms with Gasteiger partial charge in [-0.05, 0) is 30.7 Å². The summed E-state index contributed by atoms with van der Waals surface area (Å²) in [6.07, 6.45) is 0. The van der Waals surface area contributed by atoms with Gasteiger partial charge in [0.05, 0.1) is 0 Å². The van der Waals surface area contributed by atoms with Crippen molar-refractivity contribution in [1.29, 1.82) is 0 Å². The minimum Gasteiger partial charge on any atom is -0.388 e. The van der Waals surface area contributed by atoms with Crippen LogP contribution in [0.1, 0.15) is 11.1 Å².